The van der Waals surface area contributed by atoms with Crippen LogP contribution in [0.4, 0.5) is 22.7 Å². The van der Waals surface area contributed by atoms with E-state index in [4.69, 9.17) is 10.00 Å². The van der Waals surface area contributed by atoms with Gasteiger partial charge in [0.25, 0.3) is 0 Å². The van der Waals surface area contributed by atoms with Gasteiger partial charge in [-0.15, -0.1) is 0 Å². The molecule has 300 valence electrons. The number of fused-ring (bicyclic) bond motifs is 2. The van der Waals surface area contributed by atoms with Gasteiger partial charge in [0.05, 0.1) is 45.5 Å². The third-order valence-corrected chi connectivity index (χ3v) is 10.9. The number of ether oxygens (including phenoxy) is 1. The van der Waals surface area contributed by atoms with E-state index in [1.165, 1.54) is 0 Å². The number of H-pyrrole nitrogens is 2. The Kier molecular flexibility index (Phi) is 10.9. The van der Waals surface area contributed by atoms with Crippen LogP contribution in [0, 0.1) is 22.2 Å². The van der Waals surface area contributed by atoms with Crippen LogP contribution in [0.15, 0.2) is 128 Å². The second-order valence-corrected chi connectivity index (χ2v) is 17.1. The highest BCUT2D eigenvalue weighted by Gasteiger charge is 2.37. The van der Waals surface area contributed by atoms with Gasteiger partial charge in [-0.1, -0.05) is 70.2 Å². The van der Waals surface area contributed by atoms with Gasteiger partial charge in [-0.2, -0.15) is 5.26 Å². The molecular weight excluding hydrogens is 747 g/mol. The zero-order chi connectivity index (χ0) is 41.9. The van der Waals surface area contributed by atoms with Gasteiger partial charge < -0.3 is 25.3 Å². The molecule has 0 bridgehead atoms. The molecule has 0 amide bonds. The van der Waals surface area contributed by atoms with Gasteiger partial charge in [0.2, 0.25) is 0 Å². The third kappa shape index (κ3) is 8.76. The largest absolute Gasteiger partial charge is 0.489 e. The summed E-state index contributed by atoms with van der Waals surface area (Å²) in [4.78, 5) is 41.4. The summed E-state index contributed by atoms with van der Waals surface area (Å²) in [5.41, 5.74) is 12.0. The van der Waals surface area contributed by atoms with Crippen LogP contribution in [0.1, 0.15) is 83.8 Å². The number of rotatable bonds is 9. The van der Waals surface area contributed by atoms with E-state index in [9.17, 15) is 9.59 Å². The molecule has 2 aliphatic rings. The third-order valence-electron chi connectivity index (χ3n) is 10.9. The highest BCUT2D eigenvalue weighted by atomic mass is 16.5. The lowest BCUT2D eigenvalue weighted by molar-refractivity contribution is 0.0903. The molecule has 0 aliphatic heterocycles. The second-order valence-electron chi connectivity index (χ2n) is 17.1. The average Bonchev–Trinajstić information content (AvgIpc) is 3.78. The maximum absolute atomic E-state index is 13.2. The van der Waals surface area contributed by atoms with Gasteiger partial charge in [0, 0.05) is 77.6 Å². The first kappa shape index (κ1) is 39.6. The van der Waals surface area contributed by atoms with Crippen LogP contribution in [0.3, 0.4) is 0 Å². The van der Waals surface area contributed by atoms with Gasteiger partial charge in [0.15, 0.2) is 11.6 Å². The predicted molar refractivity (Wildman–Crippen MR) is 236 cm³/mol. The van der Waals surface area contributed by atoms with E-state index in [2.05, 4.69) is 64.3 Å². The van der Waals surface area contributed by atoms with Crippen molar-refractivity contribution < 1.29 is 14.3 Å². The molecule has 9 rings (SSSR count). The first-order chi connectivity index (χ1) is 28.9. The Hall–Kier alpha value is -7.25. The van der Waals surface area contributed by atoms with E-state index in [1.54, 1.807) is 36.9 Å². The van der Waals surface area contributed by atoms with Crippen molar-refractivity contribution in [2.75, 3.05) is 10.6 Å². The lowest BCUT2D eigenvalue weighted by Crippen LogP contribution is -2.26. The number of aromatic amines is 2. The highest BCUT2D eigenvalue weighted by molar-refractivity contribution is 6.08. The fourth-order valence-electron chi connectivity index (χ4n) is 8.19. The molecule has 0 spiro atoms. The zero-order valence-electron chi connectivity index (χ0n) is 34.2. The minimum absolute atomic E-state index is 0.0626. The van der Waals surface area contributed by atoms with E-state index in [0.717, 1.165) is 91.9 Å². The van der Waals surface area contributed by atoms with Crippen LogP contribution in [-0.4, -0.2) is 31.5 Å². The Balaban J connectivity index is 0.000000170. The summed E-state index contributed by atoms with van der Waals surface area (Å²) in [5, 5.41) is 16.1. The number of benzene rings is 3. The van der Waals surface area contributed by atoms with Crippen molar-refractivity contribution in [2.45, 2.75) is 60.0 Å². The van der Waals surface area contributed by atoms with Crippen molar-refractivity contribution in [1.82, 2.24) is 19.9 Å². The lowest BCUT2D eigenvalue weighted by atomic mass is 9.76. The maximum atomic E-state index is 13.2. The predicted octanol–water partition coefficient (Wildman–Crippen LogP) is 11.4. The lowest BCUT2D eigenvalue weighted by Gasteiger charge is -2.28. The number of ketones is 2. The Morgan fingerprint density at radius 3 is 1.65 bits per heavy atom. The molecule has 3 aromatic carbocycles. The number of Topliss-reactive ketones (excluding diaryl/α,β-unsaturated/α-hetero) is 2. The molecule has 2 aliphatic carbocycles. The average molecular weight is 794 g/mol. The molecule has 4 N–H and O–H groups in total. The number of hydrogen-bond donors (Lipinski definition) is 4. The van der Waals surface area contributed by atoms with Crippen LogP contribution in [0.5, 0.6) is 5.75 Å². The minimum Gasteiger partial charge on any atom is -0.489 e. The van der Waals surface area contributed by atoms with Crippen LogP contribution >= 0.6 is 0 Å². The number of anilines is 4. The fourth-order valence-corrected chi connectivity index (χ4v) is 8.19. The van der Waals surface area contributed by atoms with E-state index >= 15 is 0 Å². The monoisotopic (exact) mass is 793 g/mol. The standard InChI is InChI=1S/C28H27N3O2.C22H20N4O/c1-28(2)16-23-25(24(32)17-28)27(26(31-23)20-11-13-29-14-12-20)30-21-9-6-10-22(15-21)33-18-19-7-4-3-5-8-19;1-22(2)11-17-19(18(27)12-22)21(20(26-17)15-6-8-24-9-7-15)25-16-5-3-4-14(10-16)13-23/h3-15,30-31H,16-18H2,1-2H3;3-10,25-26H,11-12H2,1-2H3. The van der Waals surface area contributed by atoms with E-state index < -0.39 is 0 Å². The first-order valence-corrected chi connectivity index (χ1v) is 20.1. The minimum atomic E-state index is -0.0670. The summed E-state index contributed by atoms with van der Waals surface area (Å²) in [6.45, 7) is 9.01. The van der Waals surface area contributed by atoms with Crippen molar-refractivity contribution in [1.29, 1.82) is 5.26 Å². The Bertz CT molecular complexity index is 2710. The summed E-state index contributed by atoms with van der Waals surface area (Å²) in [7, 11) is 0. The van der Waals surface area contributed by atoms with Gasteiger partial charge >= 0.3 is 0 Å². The Labute approximate surface area is 350 Å². The van der Waals surface area contributed by atoms with Crippen LogP contribution in [0.2, 0.25) is 0 Å². The molecule has 0 saturated carbocycles. The van der Waals surface area contributed by atoms with E-state index in [1.807, 2.05) is 91.0 Å². The number of carbonyl (C=O) groups is 2. The van der Waals surface area contributed by atoms with Gasteiger partial charge in [-0.25, -0.2) is 0 Å². The highest BCUT2D eigenvalue weighted by Crippen LogP contribution is 2.45. The molecule has 10 nitrogen and oxygen atoms in total. The Morgan fingerprint density at radius 2 is 1.13 bits per heavy atom. The summed E-state index contributed by atoms with van der Waals surface area (Å²) in [6, 6.07) is 35.1. The van der Waals surface area contributed by atoms with Crippen molar-refractivity contribution in [3.63, 3.8) is 0 Å². The normalized spacial score (nSPS) is 14.8. The molecule has 60 heavy (non-hydrogen) atoms. The summed E-state index contributed by atoms with van der Waals surface area (Å²) < 4.78 is 6.00. The molecule has 4 aromatic heterocycles. The summed E-state index contributed by atoms with van der Waals surface area (Å²) in [6.07, 6.45) is 9.69. The van der Waals surface area contributed by atoms with Crippen molar-refractivity contribution in [2.24, 2.45) is 10.8 Å². The van der Waals surface area contributed by atoms with Gasteiger partial charge in [0.1, 0.15) is 12.4 Å². The summed E-state index contributed by atoms with van der Waals surface area (Å²) >= 11 is 0. The van der Waals surface area contributed by atoms with Gasteiger partial charge in [-0.05, 0) is 83.8 Å². The SMILES string of the molecule is CC1(C)CC(=O)c2c([nH]c(-c3ccncc3)c2Nc2cccc(C#N)c2)C1.CC1(C)CC(=O)c2c([nH]c(-c3ccncc3)c2Nc2cccc(OCc3ccccc3)c2)C1. The van der Waals surface area contributed by atoms with Crippen LogP contribution < -0.4 is 15.4 Å². The second kappa shape index (κ2) is 16.5. The molecular formula is C50H47N7O3. The summed E-state index contributed by atoms with van der Waals surface area (Å²) in [5.74, 6) is 1.07. The smallest absolute Gasteiger partial charge is 0.167 e. The molecule has 0 atom stereocenters. The molecule has 0 fully saturated rings. The van der Waals surface area contributed by atoms with E-state index in [-0.39, 0.29) is 22.4 Å². The first-order valence-electron chi connectivity index (χ1n) is 20.1. The Morgan fingerprint density at radius 1 is 0.633 bits per heavy atom. The zero-order valence-corrected chi connectivity index (χ0v) is 34.2. The van der Waals surface area contributed by atoms with Crippen LogP contribution in [0.25, 0.3) is 22.5 Å². The van der Waals surface area contributed by atoms with Crippen LogP contribution in [-0.2, 0) is 19.4 Å². The molecule has 0 unspecified atom stereocenters. The maximum Gasteiger partial charge on any atom is 0.167 e. The number of aromatic nitrogens is 4. The number of carbonyl (C=O) groups excluding carboxylic acids is 2. The van der Waals surface area contributed by atoms with E-state index in [0.29, 0.717) is 25.0 Å². The number of pyridine rings is 2. The molecule has 0 radical (unpaired) electrons. The fraction of sp³-hybridized carbons (Fsp3) is 0.220. The topological polar surface area (TPSA) is 149 Å². The van der Waals surface area contributed by atoms with Crippen molar-refractivity contribution >= 4 is 34.3 Å². The van der Waals surface area contributed by atoms with Crippen molar-refractivity contribution in [3.05, 3.63) is 162 Å². The number of hydrogen-bond acceptors (Lipinski definition) is 8. The van der Waals surface area contributed by atoms with Crippen molar-refractivity contribution in [3.8, 4) is 34.3 Å². The number of nitrogens with one attached hydrogen (secondary N) is 4. The quantitative estimate of drug-likeness (QED) is 0.113. The number of nitriles is 1. The molecule has 4 heterocycles. The molecule has 10 heteroatoms. The van der Waals surface area contributed by atoms with Gasteiger partial charge in [-0.3, -0.25) is 19.6 Å². The molecule has 0 saturated heterocycles. The number of nitrogens with zero attached hydrogens (tertiary/aromatic N) is 3. The molecule has 7 aromatic rings.